The maximum absolute atomic E-state index is 11.3. The van der Waals surface area contributed by atoms with E-state index in [2.05, 4.69) is 20.9 Å². The Morgan fingerprint density at radius 3 is 2.75 bits per heavy atom. The first-order chi connectivity index (χ1) is 9.40. The summed E-state index contributed by atoms with van der Waals surface area (Å²) in [7, 11) is 0. The summed E-state index contributed by atoms with van der Waals surface area (Å²) >= 11 is 3.39. The highest BCUT2D eigenvalue weighted by Crippen LogP contribution is 2.31. The number of rotatable bonds is 4. The van der Waals surface area contributed by atoms with Gasteiger partial charge in [0.15, 0.2) is 0 Å². The van der Waals surface area contributed by atoms with Gasteiger partial charge in [-0.25, -0.2) is 0 Å². The molecule has 6 heteroatoms. The number of nitrogens with zero attached hydrogens (tertiary/aromatic N) is 2. The van der Waals surface area contributed by atoms with Crippen molar-refractivity contribution in [3.63, 3.8) is 0 Å². The van der Waals surface area contributed by atoms with Gasteiger partial charge in [0.25, 0.3) is 0 Å². The van der Waals surface area contributed by atoms with Crippen LogP contribution in [0, 0.1) is 0 Å². The number of fused-ring (bicyclic) bond motifs is 1. The van der Waals surface area contributed by atoms with E-state index in [0.717, 1.165) is 21.1 Å². The minimum absolute atomic E-state index is 0.125. The molecule has 20 heavy (non-hydrogen) atoms. The van der Waals surface area contributed by atoms with E-state index in [1.54, 1.807) is 6.20 Å². The lowest BCUT2D eigenvalue weighted by atomic mass is 10.1. The van der Waals surface area contributed by atoms with Crippen molar-refractivity contribution >= 4 is 44.1 Å². The number of benzene rings is 1. The average molecular weight is 337 g/mol. The minimum Gasteiger partial charge on any atom is -0.398 e. The topological polar surface area (TPSA) is 85.2 Å². The zero-order chi connectivity index (χ0) is 14.9. The summed E-state index contributed by atoms with van der Waals surface area (Å²) in [6.45, 7) is 4.16. The van der Waals surface area contributed by atoms with Crippen molar-refractivity contribution in [1.29, 1.82) is 0 Å². The van der Waals surface area contributed by atoms with Crippen molar-refractivity contribution in [3.05, 3.63) is 28.9 Å². The number of hydrogen-bond acceptors (Lipinski definition) is 4. The molecule has 2 aromatic rings. The molecule has 4 N–H and O–H groups in total. The highest BCUT2D eigenvalue weighted by atomic mass is 79.9. The molecule has 1 amide bonds. The van der Waals surface area contributed by atoms with E-state index in [-0.39, 0.29) is 18.5 Å². The molecular formula is C14H17BrN4O. The van der Waals surface area contributed by atoms with Gasteiger partial charge in [0.05, 0.1) is 17.7 Å². The highest BCUT2D eigenvalue weighted by molar-refractivity contribution is 9.10. The van der Waals surface area contributed by atoms with Crippen molar-refractivity contribution in [1.82, 2.24) is 4.98 Å². The van der Waals surface area contributed by atoms with E-state index in [9.17, 15) is 4.79 Å². The maximum atomic E-state index is 11.3. The van der Waals surface area contributed by atoms with E-state index in [1.165, 1.54) is 0 Å². The minimum atomic E-state index is -0.374. The van der Waals surface area contributed by atoms with Crippen LogP contribution in [0.5, 0.6) is 0 Å². The molecule has 0 atom stereocenters. The van der Waals surface area contributed by atoms with E-state index >= 15 is 0 Å². The number of pyridine rings is 1. The van der Waals surface area contributed by atoms with Crippen LogP contribution in [0.4, 0.5) is 11.4 Å². The van der Waals surface area contributed by atoms with Crippen LogP contribution >= 0.6 is 15.9 Å². The van der Waals surface area contributed by atoms with Crippen LogP contribution in [0.1, 0.15) is 13.8 Å². The Bertz CT molecular complexity index is 657. The number of carbonyl (C=O) groups is 1. The molecule has 0 bridgehead atoms. The Morgan fingerprint density at radius 2 is 2.15 bits per heavy atom. The summed E-state index contributed by atoms with van der Waals surface area (Å²) < 4.78 is 0.861. The van der Waals surface area contributed by atoms with Gasteiger partial charge in [-0.05, 0) is 48.0 Å². The predicted octanol–water partition coefficient (Wildman–Crippen LogP) is 2.28. The number of nitrogen functional groups attached to an aromatic ring is 1. The first-order valence-corrected chi connectivity index (χ1v) is 7.08. The van der Waals surface area contributed by atoms with Gasteiger partial charge in [0.1, 0.15) is 0 Å². The van der Waals surface area contributed by atoms with Crippen LogP contribution in [0.2, 0.25) is 0 Å². The monoisotopic (exact) mass is 336 g/mol. The maximum Gasteiger partial charge on any atom is 0.236 e. The third kappa shape index (κ3) is 2.85. The molecule has 0 aliphatic rings. The van der Waals surface area contributed by atoms with Gasteiger partial charge in [-0.1, -0.05) is 0 Å². The Kier molecular flexibility index (Phi) is 4.13. The van der Waals surface area contributed by atoms with Crippen LogP contribution in [0.25, 0.3) is 10.9 Å². The van der Waals surface area contributed by atoms with Crippen LogP contribution in [0.15, 0.2) is 28.9 Å². The van der Waals surface area contributed by atoms with Gasteiger partial charge in [-0.2, -0.15) is 0 Å². The van der Waals surface area contributed by atoms with E-state index in [0.29, 0.717) is 5.69 Å². The Hall–Kier alpha value is -1.82. The van der Waals surface area contributed by atoms with Crippen molar-refractivity contribution in [2.45, 2.75) is 19.9 Å². The van der Waals surface area contributed by atoms with Gasteiger partial charge in [0, 0.05) is 27.8 Å². The summed E-state index contributed by atoms with van der Waals surface area (Å²) in [5.41, 5.74) is 13.6. The second-order valence-electron chi connectivity index (χ2n) is 4.91. The van der Waals surface area contributed by atoms with Crippen molar-refractivity contribution < 1.29 is 4.79 Å². The standard InChI is InChI=1S/C14H17BrN4O/c1-8(2)19(7-13(17)20)12-4-3-11(16)10-5-9(15)6-18-14(10)12/h3-6,8H,7,16H2,1-2H3,(H2,17,20). The molecule has 1 aromatic heterocycles. The Labute approximate surface area is 126 Å². The summed E-state index contributed by atoms with van der Waals surface area (Å²) in [4.78, 5) is 17.6. The van der Waals surface area contributed by atoms with Gasteiger partial charge in [-0.3, -0.25) is 9.78 Å². The van der Waals surface area contributed by atoms with Crippen LogP contribution in [0.3, 0.4) is 0 Å². The molecule has 0 spiro atoms. The van der Waals surface area contributed by atoms with Crippen molar-refractivity contribution in [2.75, 3.05) is 17.2 Å². The van der Waals surface area contributed by atoms with E-state index < -0.39 is 0 Å². The Morgan fingerprint density at radius 1 is 1.45 bits per heavy atom. The molecule has 0 saturated carbocycles. The summed E-state index contributed by atoms with van der Waals surface area (Å²) in [6.07, 6.45) is 1.72. The van der Waals surface area contributed by atoms with Gasteiger partial charge in [0.2, 0.25) is 5.91 Å². The molecule has 5 nitrogen and oxygen atoms in total. The van der Waals surface area contributed by atoms with Crippen molar-refractivity contribution in [2.24, 2.45) is 5.73 Å². The number of nitrogens with two attached hydrogens (primary N) is 2. The van der Waals surface area contributed by atoms with E-state index in [4.69, 9.17) is 11.5 Å². The quantitative estimate of drug-likeness (QED) is 0.838. The molecule has 0 saturated heterocycles. The summed E-state index contributed by atoms with van der Waals surface area (Å²) in [5.74, 6) is -0.374. The Balaban J connectivity index is 2.63. The normalized spacial score (nSPS) is 11.0. The third-order valence-corrected chi connectivity index (χ3v) is 3.52. The second kappa shape index (κ2) is 5.66. The molecule has 1 aromatic carbocycles. The number of amides is 1. The second-order valence-corrected chi connectivity index (χ2v) is 5.83. The largest absolute Gasteiger partial charge is 0.398 e. The molecule has 0 aliphatic heterocycles. The predicted molar refractivity (Wildman–Crippen MR) is 85.5 cm³/mol. The zero-order valence-corrected chi connectivity index (χ0v) is 13.0. The van der Waals surface area contributed by atoms with Gasteiger partial charge in [-0.15, -0.1) is 0 Å². The molecule has 0 aliphatic carbocycles. The first-order valence-electron chi connectivity index (χ1n) is 6.29. The average Bonchev–Trinajstić information content (AvgIpc) is 2.37. The number of carbonyl (C=O) groups excluding carboxylic acids is 1. The number of aromatic nitrogens is 1. The first kappa shape index (κ1) is 14.6. The highest BCUT2D eigenvalue weighted by Gasteiger charge is 2.17. The van der Waals surface area contributed by atoms with Crippen LogP contribution < -0.4 is 16.4 Å². The summed E-state index contributed by atoms with van der Waals surface area (Å²) in [5, 5.41) is 0.854. The van der Waals surface area contributed by atoms with Gasteiger partial charge >= 0.3 is 0 Å². The fourth-order valence-corrected chi connectivity index (χ4v) is 2.48. The van der Waals surface area contributed by atoms with E-state index in [1.807, 2.05) is 36.9 Å². The number of halogens is 1. The zero-order valence-electron chi connectivity index (χ0n) is 11.4. The van der Waals surface area contributed by atoms with Crippen LogP contribution in [-0.4, -0.2) is 23.5 Å². The lowest BCUT2D eigenvalue weighted by Gasteiger charge is -2.28. The number of primary amides is 1. The fraction of sp³-hybridized carbons (Fsp3) is 0.286. The fourth-order valence-electron chi connectivity index (χ4n) is 2.15. The van der Waals surface area contributed by atoms with Crippen molar-refractivity contribution in [3.8, 4) is 0 Å². The molecule has 0 radical (unpaired) electrons. The molecule has 1 heterocycles. The molecular weight excluding hydrogens is 320 g/mol. The molecule has 106 valence electrons. The molecule has 0 fully saturated rings. The lowest BCUT2D eigenvalue weighted by molar-refractivity contribution is -0.116. The number of hydrogen-bond donors (Lipinski definition) is 2. The van der Waals surface area contributed by atoms with Crippen LogP contribution in [-0.2, 0) is 4.79 Å². The third-order valence-electron chi connectivity index (χ3n) is 3.09. The smallest absolute Gasteiger partial charge is 0.236 e. The SMILES string of the molecule is CC(C)N(CC(N)=O)c1ccc(N)c2cc(Br)cnc12. The molecule has 0 unspecified atom stereocenters. The summed E-state index contributed by atoms with van der Waals surface area (Å²) in [6, 6.07) is 5.74. The van der Waals surface area contributed by atoms with Gasteiger partial charge < -0.3 is 16.4 Å². The molecule has 2 rings (SSSR count). The number of anilines is 2. The lowest BCUT2D eigenvalue weighted by Crippen LogP contribution is -2.38.